The minimum absolute atomic E-state index is 0.181. The molecule has 0 rings (SSSR count). The molecule has 3 nitrogen and oxygen atoms in total. The van der Waals surface area contributed by atoms with Gasteiger partial charge < -0.3 is 10.1 Å². The van der Waals surface area contributed by atoms with E-state index in [2.05, 4.69) is 29.1 Å². The molecular formula is C21H41NO2. The van der Waals surface area contributed by atoms with E-state index >= 15 is 0 Å². The van der Waals surface area contributed by atoms with Gasteiger partial charge in [0.1, 0.15) is 0 Å². The maximum absolute atomic E-state index is 10.9. The first-order chi connectivity index (χ1) is 11.8. The number of esters is 1. The molecule has 0 amide bonds. The highest BCUT2D eigenvalue weighted by Crippen LogP contribution is 2.09. The van der Waals surface area contributed by atoms with Crippen LogP contribution in [0.1, 0.15) is 96.8 Å². The Kier molecular flexibility index (Phi) is 19.5. The van der Waals surface area contributed by atoms with Crippen molar-refractivity contribution in [2.45, 2.75) is 96.8 Å². The molecule has 0 aromatic carbocycles. The van der Waals surface area contributed by atoms with Crippen molar-refractivity contribution in [3.63, 3.8) is 0 Å². The summed E-state index contributed by atoms with van der Waals surface area (Å²) in [4.78, 5) is 10.9. The van der Waals surface area contributed by atoms with Crippen LogP contribution in [-0.2, 0) is 9.53 Å². The van der Waals surface area contributed by atoms with Crippen LogP contribution in [-0.4, -0.2) is 26.2 Å². The third kappa shape index (κ3) is 19.2. The zero-order valence-corrected chi connectivity index (χ0v) is 16.3. The normalized spacial score (nSPS) is 11.2. The molecule has 0 aliphatic carbocycles. The van der Waals surface area contributed by atoms with Gasteiger partial charge in [0.2, 0.25) is 0 Å². The summed E-state index contributed by atoms with van der Waals surface area (Å²) in [7, 11) is 1.42. The van der Waals surface area contributed by atoms with Gasteiger partial charge >= 0.3 is 5.97 Å². The van der Waals surface area contributed by atoms with Crippen LogP contribution in [0.2, 0.25) is 0 Å². The van der Waals surface area contributed by atoms with Crippen molar-refractivity contribution in [1.82, 2.24) is 5.32 Å². The largest absolute Gasteiger partial charge is 0.468 e. The van der Waals surface area contributed by atoms with Crippen LogP contribution in [0.5, 0.6) is 0 Å². The molecule has 0 bridgehead atoms. The van der Waals surface area contributed by atoms with Gasteiger partial charge in [0.05, 0.1) is 13.7 Å². The first kappa shape index (κ1) is 23.2. The number of hydrogen-bond acceptors (Lipinski definition) is 3. The lowest BCUT2D eigenvalue weighted by atomic mass is 10.1. The molecule has 0 saturated heterocycles. The average Bonchev–Trinajstić information content (AvgIpc) is 2.60. The maximum Gasteiger partial charge on any atom is 0.319 e. The number of allylic oxidation sites excluding steroid dienone is 2. The van der Waals surface area contributed by atoms with E-state index in [0.29, 0.717) is 6.54 Å². The molecule has 0 spiro atoms. The summed E-state index contributed by atoms with van der Waals surface area (Å²) in [6, 6.07) is 0. The Bertz CT molecular complexity index is 290. The topological polar surface area (TPSA) is 38.3 Å². The molecule has 1 N–H and O–H groups in total. The van der Waals surface area contributed by atoms with Gasteiger partial charge in [-0.25, -0.2) is 0 Å². The van der Waals surface area contributed by atoms with Crippen molar-refractivity contribution in [2.24, 2.45) is 0 Å². The fourth-order valence-electron chi connectivity index (χ4n) is 2.76. The third-order valence-electron chi connectivity index (χ3n) is 4.36. The summed E-state index contributed by atoms with van der Waals surface area (Å²) < 4.78 is 4.58. The highest BCUT2D eigenvalue weighted by molar-refractivity contribution is 5.71. The summed E-state index contributed by atoms with van der Waals surface area (Å²) in [6.45, 7) is 3.52. The Labute approximate surface area is 150 Å². The number of rotatable bonds is 18. The minimum Gasteiger partial charge on any atom is -0.468 e. The number of ether oxygens (including phenoxy) is 1. The van der Waals surface area contributed by atoms with E-state index in [0.717, 1.165) is 13.0 Å². The first-order valence-corrected chi connectivity index (χ1v) is 10.2. The Morgan fingerprint density at radius 2 is 1.29 bits per heavy atom. The van der Waals surface area contributed by atoms with E-state index in [-0.39, 0.29) is 5.97 Å². The molecule has 3 heteroatoms. The van der Waals surface area contributed by atoms with E-state index in [1.165, 1.54) is 90.6 Å². The van der Waals surface area contributed by atoms with Crippen LogP contribution in [0.3, 0.4) is 0 Å². The quantitative estimate of drug-likeness (QED) is 0.195. The van der Waals surface area contributed by atoms with Crippen molar-refractivity contribution in [3.05, 3.63) is 12.2 Å². The fourth-order valence-corrected chi connectivity index (χ4v) is 2.76. The van der Waals surface area contributed by atoms with Gasteiger partial charge in [0.15, 0.2) is 0 Å². The van der Waals surface area contributed by atoms with Crippen molar-refractivity contribution in [3.8, 4) is 0 Å². The summed E-state index contributed by atoms with van der Waals surface area (Å²) in [5.74, 6) is -0.181. The lowest BCUT2D eigenvalue weighted by Crippen LogP contribution is -2.24. The van der Waals surface area contributed by atoms with E-state index in [9.17, 15) is 4.79 Å². The molecule has 24 heavy (non-hydrogen) atoms. The zero-order chi connectivity index (χ0) is 17.7. The predicted molar refractivity (Wildman–Crippen MR) is 104 cm³/mol. The van der Waals surface area contributed by atoms with Crippen LogP contribution in [0.4, 0.5) is 0 Å². The van der Waals surface area contributed by atoms with E-state index in [1.54, 1.807) is 0 Å². The Hall–Kier alpha value is -0.830. The molecule has 0 atom stereocenters. The molecule has 0 aromatic rings. The van der Waals surface area contributed by atoms with Crippen molar-refractivity contribution in [2.75, 3.05) is 20.2 Å². The molecule has 142 valence electrons. The van der Waals surface area contributed by atoms with Gasteiger partial charge in [-0.15, -0.1) is 0 Å². The molecule has 0 radical (unpaired) electrons. The second kappa shape index (κ2) is 20.2. The van der Waals surface area contributed by atoms with E-state index in [1.807, 2.05) is 0 Å². The third-order valence-corrected chi connectivity index (χ3v) is 4.36. The molecule has 0 fully saturated rings. The van der Waals surface area contributed by atoms with Gasteiger partial charge in [-0.05, 0) is 38.6 Å². The van der Waals surface area contributed by atoms with Crippen molar-refractivity contribution >= 4 is 5.97 Å². The molecule has 0 unspecified atom stereocenters. The molecule has 0 aliphatic heterocycles. The number of methoxy groups -OCH3 is 1. The summed E-state index contributed by atoms with van der Waals surface area (Å²) in [5.41, 5.74) is 0. The SMILES string of the molecule is CCCCCCCCC=CCCCCCCCCNCC(=O)OC. The van der Waals surface area contributed by atoms with Gasteiger partial charge in [-0.3, -0.25) is 4.79 Å². The van der Waals surface area contributed by atoms with Crippen LogP contribution < -0.4 is 5.32 Å². The van der Waals surface area contributed by atoms with Gasteiger partial charge in [0.25, 0.3) is 0 Å². The summed E-state index contributed by atoms with van der Waals surface area (Å²) >= 11 is 0. The monoisotopic (exact) mass is 339 g/mol. The number of carbonyl (C=O) groups is 1. The van der Waals surface area contributed by atoms with Crippen LogP contribution in [0.15, 0.2) is 12.2 Å². The lowest BCUT2D eigenvalue weighted by Gasteiger charge is -2.03. The standard InChI is InChI=1S/C21H41NO2/c1-3-4-5-6-7-8-9-10-11-12-13-14-15-16-17-18-19-22-20-21(23)24-2/h10-11,22H,3-9,12-20H2,1-2H3. The number of nitrogens with one attached hydrogen (secondary N) is 1. The molecule has 0 aliphatic rings. The van der Waals surface area contributed by atoms with Crippen LogP contribution >= 0.6 is 0 Å². The number of unbranched alkanes of at least 4 members (excludes halogenated alkanes) is 12. The summed E-state index contributed by atoms with van der Waals surface area (Å²) in [6.07, 6.45) is 23.3. The molecule has 0 heterocycles. The van der Waals surface area contributed by atoms with Gasteiger partial charge in [-0.1, -0.05) is 76.9 Å². The van der Waals surface area contributed by atoms with Crippen LogP contribution in [0, 0.1) is 0 Å². The molecular weight excluding hydrogens is 298 g/mol. The maximum atomic E-state index is 10.9. The fraction of sp³-hybridized carbons (Fsp3) is 0.857. The second-order valence-corrected chi connectivity index (χ2v) is 6.69. The Morgan fingerprint density at radius 1 is 0.792 bits per heavy atom. The highest BCUT2D eigenvalue weighted by atomic mass is 16.5. The number of hydrogen-bond donors (Lipinski definition) is 1. The second-order valence-electron chi connectivity index (χ2n) is 6.69. The van der Waals surface area contributed by atoms with Gasteiger partial charge in [-0.2, -0.15) is 0 Å². The lowest BCUT2D eigenvalue weighted by molar-refractivity contribution is -0.139. The van der Waals surface area contributed by atoms with Crippen LogP contribution in [0.25, 0.3) is 0 Å². The molecule has 0 aromatic heterocycles. The van der Waals surface area contributed by atoms with Crippen molar-refractivity contribution < 1.29 is 9.53 Å². The highest BCUT2D eigenvalue weighted by Gasteiger charge is 1.97. The van der Waals surface area contributed by atoms with E-state index < -0.39 is 0 Å². The average molecular weight is 340 g/mol. The van der Waals surface area contributed by atoms with Crippen molar-refractivity contribution in [1.29, 1.82) is 0 Å². The predicted octanol–water partition coefficient (Wildman–Crippen LogP) is 5.79. The first-order valence-electron chi connectivity index (χ1n) is 10.2. The Balaban J connectivity index is 3.09. The zero-order valence-electron chi connectivity index (χ0n) is 16.3. The van der Waals surface area contributed by atoms with E-state index in [4.69, 9.17) is 0 Å². The summed E-state index contributed by atoms with van der Waals surface area (Å²) in [5, 5.41) is 3.10. The molecule has 0 saturated carbocycles. The smallest absolute Gasteiger partial charge is 0.319 e. The minimum atomic E-state index is -0.181. The van der Waals surface area contributed by atoms with Gasteiger partial charge in [0, 0.05) is 0 Å². The number of carbonyl (C=O) groups excluding carboxylic acids is 1. The Morgan fingerprint density at radius 3 is 1.83 bits per heavy atom.